The van der Waals surface area contributed by atoms with Crippen molar-refractivity contribution in [2.45, 2.75) is 31.8 Å². The normalized spacial score (nSPS) is 18.8. The predicted octanol–water partition coefficient (Wildman–Crippen LogP) is 1.57. The SMILES string of the molecule is O=C(NCCCNc1cccnc1)C1CCCCO1. The zero-order valence-corrected chi connectivity index (χ0v) is 11.1. The Morgan fingerprint density at radius 3 is 3.11 bits per heavy atom. The van der Waals surface area contributed by atoms with Gasteiger partial charge in [0.15, 0.2) is 0 Å². The van der Waals surface area contributed by atoms with Gasteiger partial charge < -0.3 is 15.4 Å². The maximum Gasteiger partial charge on any atom is 0.249 e. The summed E-state index contributed by atoms with van der Waals surface area (Å²) in [5.74, 6) is 0.0288. The summed E-state index contributed by atoms with van der Waals surface area (Å²) in [5.41, 5.74) is 1.00. The fourth-order valence-electron chi connectivity index (χ4n) is 2.06. The van der Waals surface area contributed by atoms with Crippen LogP contribution < -0.4 is 10.6 Å². The average molecular weight is 263 g/mol. The van der Waals surface area contributed by atoms with E-state index in [0.717, 1.165) is 37.9 Å². The second-order valence-corrected chi connectivity index (χ2v) is 4.67. The van der Waals surface area contributed by atoms with E-state index >= 15 is 0 Å². The molecule has 5 nitrogen and oxygen atoms in total. The highest BCUT2D eigenvalue weighted by molar-refractivity contribution is 5.80. The van der Waals surface area contributed by atoms with E-state index in [1.165, 1.54) is 0 Å². The number of hydrogen-bond acceptors (Lipinski definition) is 4. The first-order chi connectivity index (χ1) is 9.36. The molecule has 0 radical (unpaired) electrons. The molecule has 0 bridgehead atoms. The van der Waals surface area contributed by atoms with Gasteiger partial charge in [0.2, 0.25) is 5.91 Å². The van der Waals surface area contributed by atoms with E-state index in [2.05, 4.69) is 15.6 Å². The summed E-state index contributed by atoms with van der Waals surface area (Å²) in [6.07, 6.45) is 7.18. The highest BCUT2D eigenvalue weighted by Crippen LogP contribution is 2.12. The quantitative estimate of drug-likeness (QED) is 0.765. The van der Waals surface area contributed by atoms with E-state index in [1.54, 1.807) is 12.4 Å². The summed E-state index contributed by atoms with van der Waals surface area (Å²) < 4.78 is 5.43. The lowest BCUT2D eigenvalue weighted by Gasteiger charge is -2.21. The molecule has 104 valence electrons. The van der Waals surface area contributed by atoms with Crippen LogP contribution in [0.1, 0.15) is 25.7 Å². The van der Waals surface area contributed by atoms with Crippen LogP contribution in [0.3, 0.4) is 0 Å². The summed E-state index contributed by atoms with van der Waals surface area (Å²) in [5, 5.41) is 6.17. The highest BCUT2D eigenvalue weighted by Gasteiger charge is 2.20. The van der Waals surface area contributed by atoms with Crippen LogP contribution in [-0.4, -0.2) is 36.7 Å². The third-order valence-electron chi connectivity index (χ3n) is 3.12. The zero-order chi connectivity index (χ0) is 13.3. The van der Waals surface area contributed by atoms with Crippen molar-refractivity contribution >= 4 is 11.6 Å². The lowest BCUT2D eigenvalue weighted by Crippen LogP contribution is -2.39. The van der Waals surface area contributed by atoms with Gasteiger partial charge in [-0.1, -0.05) is 0 Å². The van der Waals surface area contributed by atoms with Crippen molar-refractivity contribution < 1.29 is 9.53 Å². The van der Waals surface area contributed by atoms with Gasteiger partial charge in [0.05, 0.1) is 5.69 Å². The van der Waals surface area contributed by atoms with Gasteiger partial charge in [-0.3, -0.25) is 9.78 Å². The molecular formula is C14H21N3O2. The lowest BCUT2D eigenvalue weighted by atomic mass is 10.1. The number of ether oxygens (including phenoxy) is 1. The Kier molecular flexibility index (Phi) is 5.62. The molecule has 1 fully saturated rings. The van der Waals surface area contributed by atoms with Crippen LogP contribution in [0, 0.1) is 0 Å². The summed E-state index contributed by atoms with van der Waals surface area (Å²) in [6.45, 7) is 2.20. The molecule has 1 aromatic rings. The molecule has 1 amide bonds. The van der Waals surface area contributed by atoms with Crippen LogP contribution in [-0.2, 0) is 9.53 Å². The number of nitrogens with one attached hydrogen (secondary N) is 2. The van der Waals surface area contributed by atoms with Crippen LogP contribution in [0.25, 0.3) is 0 Å². The molecule has 2 N–H and O–H groups in total. The van der Waals surface area contributed by atoms with Gasteiger partial charge in [0, 0.05) is 32.1 Å². The Bertz CT molecular complexity index is 378. The van der Waals surface area contributed by atoms with Crippen molar-refractivity contribution in [1.29, 1.82) is 0 Å². The van der Waals surface area contributed by atoms with Gasteiger partial charge in [0.25, 0.3) is 0 Å². The number of nitrogens with zero attached hydrogens (tertiary/aromatic N) is 1. The van der Waals surface area contributed by atoms with Crippen LogP contribution in [0.4, 0.5) is 5.69 Å². The second-order valence-electron chi connectivity index (χ2n) is 4.67. The minimum atomic E-state index is -0.236. The summed E-state index contributed by atoms with van der Waals surface area (Å²) in [6, 6.07) is 3.87. The van der Waals surface area contributed by atoms with Crippen molar-refractivity contribution in [3.63, 3.8) is 0 Å². The van der Waals surface area contributed by atoms with Crippen LogP contribution in [0.5, 0.6) is 0 Å². The highest BCUT2D eigenvalue weighted by atomic mass is 16.5. The number of aromatic nitrogens is 1. The zero-order valence-electron chi connectivity index (χ0n) is 11.1. The molecule has 5 heteroatoms. The fourth-order valence-corrected chi connectivity index (χ4v) is 2.06. The Balaban J connectivity index is 1.55. The van der Waals surface area contributed by atoms with Crippen LogP contribution in [0.15, 0.2) is 24.5 Å². The molecule has 2 heterocycles. The predicted molar refractivity (Wildman–Crippen MR) is 73.9 cm³/mol. The van der Waals surface area contributed by atoms with Crippen LogP contribution in [0.2, 0.25) is 0 Å². The van der Waals surface area contributed by atoms with E-state index < -0.39 is 0 Å². The molecule has 19 heavy (non-hydrogen) atoms. The number of carbonyl (C=O) groups excluding carboxylic acids is 1. The van der Waals surface area contributed by atoms with E-state index in [4.69, 9.17) is 4.74 Å². The Labute approximate surface area is 113 Å². The van der Waals surface area contributed by atoms with E-state index in [1.807, 2.05) is 12.1 Å². The number of rotatable bonds is 6. The third kappa shape index (κ3) is 4.87. The van der Waals surface area contributed by atoms with Gasteiger partial charge in [-0.05, 0) is 37.8 Å². The van der Waals surface area contributed by atoms with Gasteiger partial charge in [-0.25, -0.2) is 0 Å². The molecule has 1 saturated heterocycles. The minimum Gasteiger partial charge on any atom is -0.384 e. The molecule has 1 unspecified atom stereocenters. The molecule has 1 aromatic heterocycles. The first-order valence-corrected chi connectivity index (χ1v) is 6.89. The molecule has 1 atom stereocenters. The van der Waals surface area contributed by atoms with Gasteiger partial charge in [-0.2, -0.15) is 0 Å². The van der Waals surface area contributed by atoms with Gasteiger partial charge in [-0.15, -0.1) is 0 Å². The maximum absolute atomic E-state index is 11.8. The first kappa shape index (κ1) is 13.8. The van der Waals surface area contributed by atoms with Gasteiger partial charge >= 0.3 is 0 Å². The summed E-state index contributed by atoms with van der Waals surface area (Å²) in [4.78, 5) is 15.8. The van der Waals surface area contributed by atoms with Gasteiger partial charge in [0.1, 0.15) is 6.10 Å². The smallest absolute Gasteiger partial charge is 0.249 e. The number of pyridine rings is 1. The number of carbonyl (C=O) groups is 1. The van der Waals surface area contributed by atoms with Crippen LogP contribution >= 0.6 is 0 Å². The first-order valence-electron chi connectivity index (χ1n) is 6.89. The molecule has 1 aliphatic rings. The third-order valence-corrected chi connectivity index (χ3v) is 3.12. The summed E-state index contributed by atoms with van der Waals surface area (Å²) >= 11 is 0. The second kappa shape index (κ2) is 7.74. The van der Waals surface area contributed by atoms with E-state index in [-0.39, 0.29) is 12.0 Å². The Hall–Kier alpha value is -1.62. The number of amides is 1. The minimum absolute atomic E-state index is 0.0288. The topological polar surface area (TPSA) is 63.2 Å². The van der Waals surface area contributed by atoms with Crippen molar-refractivity contribution in [1.82, 2.24) is 10.3 Å². The number of anilines is 1. The van der Waals surface area contributed by atoms with E-state index in [9.17, 15) is 4.79 Å². The Morgan fingerprint density at radius 2 is 2.37 bits per heavy atom. The van der Waals surface area contributed by atoms with Crippen molar-refractivity contribution in [2.24, 2.45) is 0 Å². The summed E-state index contributed by atoms with van der Waals surface area (Å²) in [7, 11) is 0. The van der Waals surface area contributed by atoms with Crippen molar-refractivity contribution in [2.75, 3.05) is 25.0 Å². The average Bonchev–Trinajstić information content (AvgIpc) is 2.49. The molecule has 0 saturated carbocycles. The van der Waals surface area contributed by atoms with E-state index in [0.29, 0.717) is 13.2 Å². The largest absolute Gasteiger partial charge is 0.384 e. The molecule has 0 spiro atoms. The van der Waals surface area contributed by atoms with Crippen molar-refractivity contribution in [3.05, 3.63) is 24.5 Å². The maximum atomic E-state index is 11.8. The molecule has 1 aliphatic heterocycles. The molecule has 0 aromatic carbocycles. The monoisotopic (exact) mass is 263 g/mol. The lowest BCUT2D eigenvalue weighted by molar-refractivity contribution is -0.135. The molecule has 0 aliphatic carbocycles. The number of hydrogen-bond donors (Lipinski definition) is 2. The molecular weight excluding hydrogens is 242 g/mol. The van der Waals surface area contributed by atoms with Crippen molar-refractivity contribution in [3.8, 4) is 0 Å². The fraction of sp³-hybridized carbons (Fsp3) is 0.571. The standard InChI is InChI=1S/C14H21N3O2/c18-14(13-6-1-2-10-19-13)17-9-4-8-16-12-5-3-7-15-11-12/h3,5,7,11,13,16H,1-2,4,6,8-10H2,(H,17,18). The molecule has 2 rings (SSSR count). The Morgan fingerprint density at radius 1 is 1.42 bits per heavy atom.